The van der Waals surface area contributed by atoms with E-state index in [4.69, 9.17) is 0 Å². The molecule has 1 fully saturated rings. The van der Waals surface area contributed by atoms with Gasteiger partial charge in [-0.2, -0.15) is 0 Å². The van der Waals surface area contributed by atoms with Crippen LogP contribution in [0.15, 0.2) is 91.0 Å². The number of carbonyl (C=O) groups excluding carboxylic acids is 2. The summed E-state index contributed by atoms with van der Waals surface area (Å²) in [5.41, 5.74) is 2.98. The summed E-state index contributed by atoms with van der Waals surface area (Å²) < 4.78 is -0.503. The minimum absolute atomic E-state index is 0.0191. The third-order valence-electron chi connectivity index (χ3n) is 6.31. The van der Waals surface area contributed by atoms with Gasteiger partial charge in [0.15, 0.2) is 0 Å². The van der Waals surface area contributed by atoms with Gasteiger partial charge >= 0.3 is 0 Å². The molecule has 1 aliphatic heterocycles. The molecule has 0 aliphatic carbocycles. The molecule has 0 N–H and O–H groups in total. The predicted molar refractivity (Wildman–Crippen MR) is 136 cm³/mol. The summed E-state index contributed by atoms with van der Waals surface area (Å²) in [6.07, 6.45) is 1.75. The molecule has 0 aromatic heterocycles. The van der Waals surface area contributed by atoms with Gasteiger partial charge in [-0.15, -0.1) is 11.8 Å². The average Bonchev–Trinajstić information content (AvgIpc) is 3.25. The first-order chi connectivity index (χ1) is 15.9. The maximum atomic E-state index is 13.1. The molecule has 33 heavy (non-hydrogen) atoms. The summed E-state index contributed by atoms with van der Waals surface area (Å²) in [5.74, 6) is 0.0347. The summed E-state index contributed by atoms with van der Waals surface area (Å²) in [4.78, 5) is 27.3. The Morgan fingerprint density at radius 3 is 1.61 bits per heavy atom. The Morgan fingerprint density at radius 2 is 1.24 bits per heavy atom. The Labute approximate surface area is 201 Å². The van der Waals surface area contributed by atoms with E-state index in [9.17, 15) is 9.59 Å². The molecule has 2 atom stereocenters. The van der Waals surface area contributed by atoms with E-state index in [2.05, 4.69) is 72.8 Å². The first-order valence-corrected chi connectivity index (χ1v) is 12.4. The highest BCUT2D eigenvalue weighted by atomic mass is 32.2. The smallest absolute Gasteiger partial charge is 0.228 e. The zero-order valence-electron chi connectivity index (χ0n) is 19.5. The highest BCUT2D eigenvalue weighted by Gasteiger charge is 2.46. The van der Waals surface area contributed by atoms with E-state index in [-0.39, 0.29) is 11.2 Å². The maximum absolute atomic E-state index is 13.1. The van der Waals surface area contributed by atoms with Gasteiger partial charge in [-0.1, -0.05) is 112 Å². The number of likely N-dealkylation sites (tertiary alicyclic amines) is 1. The third-order valence-corrected chi connectivity index (χ3v) is 8.18. The Bertz CT molecular complexity index is 980. The van der Waals surface area contributed by atoms with Crippen LogP contribution in [0.3, 0.4) is 0 Å². The Hall–Kier alpha value is -2.85. The molecule has 4 rings (SSSR count). The van der Waals surface area contributed by atoms with E-state index in [1.54, 1.807) is 16.7 Å². The fraction of sp³-hybridized carbons (Fsp3) is 0.310. The van der Waals surface area contributed by atoms with Crippen molar-refractivity contribution in [3.8, 4) is 0 Å². The predicted octanol–water partition coefficient (Wildman–Crippen LogP) is 5.93. The second-order valence-corrected chi connectivity index (χ2v) is 11.1. The van der Waals surface area contributed by atoms with Crippen molar-refractivity contribution in [3.63, 3.8) is 0 Å². The number of hydrogen-bond acceptors (Lipinski definition) is 3. The lowest BCUT2D eigenvalue weighted by Gasteiger charge is -2.39. The van der Waals surface area contributed by atoms with Crippen molar-refractivity contribution in [2.24, 2.45) is 5.41 Å². The molecule has 1 aliphatic rings. The normalized spacial score (nSPS) is 18.8. The van der Waals surface area contributed by atoms with Crippen LogP contribution in [0.1, 0.15) is 43.9 Å². The van der Waals surface area contributed by atoms with Crippen molar-refractivity contribution in [2.75, 3.05) is 6.54 Å². The minimum atomic E-state index is -0.518. The molecule has 0 bridgehead atoms. The largest absolute Gasteiger partial charge is 0.331 e. The first kappa shape index (κ1) is 23.3. The molecule has 0 spiro atoms. The zero-order valence-corrected chi connectivity index (χ0v) is 20.3. The molecule has 0 saturated carbocycles. The molecule has 3 aromatic rings. The highest BCUT2D eigenvalue weighted by molar-refractivity contribution is 8.01. The summed E-state index contributed by atoms with van der Waals surface area (Å²) in [6.45, 7) is 6.35. The van der Waals surface area contributed by atoms with Gasteiger partial charge in [-0.25, -0.2) is 0 Å². The SMILES string of the molecule is CC(C)(C)C(=O)N1CC[C@@H](SC(c2ccccc2)(c2ccccc2)c2ccccc2)[C@H]1C=O. The van der Waals surface area contributed by atoms with Gasteiger partial charge in [0, 0.05) is 17.2 Å². The second-order valence-electron chi connectivity index (χ2n) is 9.60. The van der Waals surface area contributed by atoms with Crippen LogP contribution >= 0.6 is 11.8 Å². The first-order valence-electron chi connectivity index (χ1n) is 11.5. The monoisotopic (exact) mass is 457 g/mol. The van der Waals surface area contributed by atoms with Crippen LogP contribution in [0, 0.1) is 5.41 Å². The quantitative estimate of drug-likeness (QED) is 0.340. The summed E-state index contributed by atoms with van der Waals surface area (Å²) >= 11 is 1.80. The van der Waals surface area contributed by atoms with Gasteiger partial charge in [0.25, 0.3) is 0 Å². The molecule has 1 saturated heterocycles. The standard InChI is InChI=1S/C29H31NO2S/c1-28(2,3)27(32)30-20-19-26(25(30)21-31)33-29(22-13-7-4-8-14-22,23-15-9-5-10-16-23)24-17-11-6-12-18-24/h4-18,21,25-26H,19-20H2,1-3H3/t25-,26-/m1/s1. The van der Waals surface area contributed by atoms with Crippen molar-refractivity contribution < 1.29 is 9.59 Å². The number of rotatable bonds is 6. The fourth-order valence-corrected chi connectivity index (χ4v) is 6.54. The van der Waals surface area contributed by atoms with Crippen molar-refractivity contribution >= 4 is 24.0 Å². The maximum Gasteiger partial charge on any atom is 0.228 e. The van der Waals surface area contributed by atoms with Gasteiger partial charge < -0.3 is 9.69 Å². The Balaban J connectivity index is 1.85. The van der Waals surface area contributed by atoms with E-state index in [1.807, 2.05) is 39.0 Å². The number of thioether (sulfide) groups is 1. The number of hydrogen-bond donors (Lipinski definition) is 0. The van der Waals surface area contributed by atoms with Gasteiger partial charge in [-0.3, -0.25) is 4.79 Å². The number of benzene rings is 3. The van der Waals surface area contributed by atoms with Crippen LogP contribution < -0.4 is 0 Å². The molecule has 4 heteroatoms. The van der Waals surface area contributed by atoms with Crippen LogP contribution in [0.2, 0.25) is 0 Å². The summed E-state index contributed by atoms with van der Waals surface area (Å²) in [6, 6.07) is 31.0. The summed E-state index contributed by atoms with van der Waals surface area (Å²) in [5, 5.41) is -0.0191. The molecule has 0 unspecified atom stereocenters. The van der Waals surface area contributed by atoms with E-state index in [0.717, 1.165) is 29.4 Å². The average molecular weight is 458 g/mol. The lowest BCUT2D eigenvalue weighted by atomic mass is 9.84. The number of carbonyl (C=O) groups is 2. The molecule has 1 heterocycles. The van der Waals surface area contributed by atoms with Crippen LogP contribution in [-0.4, -0.2) is 34.9 Å². The van der Waals surface area contributed by atoms with Gasteiger partial charge in [0.2, 0.25) is 5.91 Å². The lowest BCUT2D eigenvalue weighted by molar-refractivity contribution is -0.141. The van der Waals surface area contributed by atoms with Crippen LogP contribution in [0.25, 0.3) is 0 Å². The Kier molecular flexibility index (Phi) is 6.76. The van der Waals surface area contributed by atoms with Gasteiger partial charge in [-0.05, 0) is 23.1 Å². The molecular formula is C29H31NO2S. The topological polar surface area (TPSA) is 37.4 Å². The molecule has 170 valence electrons. The summed E-state index contributed by atoms with van der Waals surface area (Å²) in [7, 11) is 0. The van der Waals surface area contributed by atoms with Gasteiger partial charge in [0.05, 0.1) is 10.8 Å². The van der Waals surface area contributed by atoms with Crippen LogP contribution in [0.4, 0.5) is 0 Å². The zero-order chi connectivity index (χ0) is 23.5. The molecule has 1 amide bonds. The fourth-order valence-electron chi connectivity index (χ4n) is 4.69. The second kappa shape index (κ2) is 9.56. The third kappa shape index (κ3) is 4.49. The van der Waals surface area contributed by atoms with Crippen molar-refractivity contribution in [3.05, 3.63) is 108 Å². The van der Waals surface area contributed by atoms with Crippen LogP contribution in [0.5, 0.6) is 0 Å². The highest BCUT2D eigenvalue weighted by Crippen LogP contribution is 2.52. The van der Waals surface area contributed by atoms with Crippen molar-refractivity contribution in [2.45, 2.75) is 43.2 Å². The van der Waals surface area contributed by atoms with Gasteiger partial charge in [0.1, 0.15) is 6.29 Å². The minimum Gasteiger partial charge on any atom is -0.331 e. The molecule has 3 aromatic carbocycles. The van der Waals surface area contributed by atoms with E-state index >= 15 is 0 Å². The number of aldehydes is 1. The Morgan fingerprint density at radius 1 is 0.818 bits per heavy atom. The molecule has 3 nitrogen and oxygen atoms in total. The van der Waals surface area contributed by atoms with E-state index in [1.165, 1.54) is 0 Å². The van der Waals surface area contributed by atoms with Crippen molar-refractivity contribution in [1.82, 2.24) is 4.90 Å². The van der Waals surface area contributed by atoms with E-state index in [0.29, 0.717) is 6.54 Å². The van der Waals surface area contributed by atoms with Crippen molar-refractivity contribution in [1.29, 1.82) is 0 Å². The van der Waals surface area contributed by atoms with E-state index < -0.39 is 16.2 Å². The lowest BCUT2D eigenvalue weighted by Crippen LogP contribution is -2.46. The number of amides is 1. The molecular weight excluding hydrogens is 426 g/mol. The van der Waals surface area contributed by atoms with Crippen LogP contribution in [-0.2, 0) is 14.3 Å². The molecule has 0 radical (unpaired) electrons. The number of nitrogens with zero attached hydrogens (tertiary/aromatic N) is 1.